The molecule has 0 radical (unpaired) electrons. The Balaban J connectivity index is 2.03. The maximum Gasteiger partial charge on any atom is 0.316 e. The molecule has 1 fully saturated rings. The smallest absolute Gasteiger partial charge is 0.316 e. The average molecular weight is 331 g/mol. The van der Waals surface area contributed by atoms with Crippen molar-refractivity contribution in [3.63, 3.8) is 0 Å². The third kappa shape index (κ3) is 2.68. The van der Waals surface area contributed by atoms with Crippen LogP contribution in [0.15, 0.2) is 36.7 Å². The molecule has 0 amide bonds. The number of hydrogen-bond acceptors (Lipinski definition) is 3. The molecule has 2 aromatic rings. The number of hydrogen-bond donors (Lipinski definition) is 0. The highest BCUT2D eigenvalue weighted by molar-refractivity contribution is 5.84. The minimum atomic E-state index is -0.905. The van der Waals surface area contributed by atoms with E-state index in [0.717, 1.165) is 11.8 Å². The first-order valence-electron chi connectivity index (χ1n) is 7.92. The molecule has 0 N–H and O–H groups in total. The monoisotopic (exact) mass is 331 g/mol. The summed E-state index contributed by atoms with van der Waals surface area (Å²) in [5.41, 5.74) is 0.967. The van der Waals surface area contributed by atoms with Crippen molar-refractivity contribution in [2.24, 2.45) is 0 Å². The highest BCUT2D eigenvalue weighted by Gasteiger charge is 2.49. The normalized spacial score (nSPS) is 23.2. The quantitative estimate of drug-likeness (QED) is 0.797. The van der Waals surface area contributed by atoms with Crippen LogP contribution in [0.4, 0.5) is 8.78 Å². The van der Waals surface area contributed by atoms with E-state index < -0.39 is 11.2 Å². The van der Waals surface area contributed by atoms with Gasteiger partial charge in [0.2, 0.25) is 0 Å². The fraction of sp³-hybridized carbons (Fsp3) is 0.368. The van der Waals surface area contributed by atoms with E-state index in [0.29, 0.717) is 30.4 Å². The SMILES string of the molecule is COC(=O)[C@@]1(c2cccc(F)c2C)CC[C@@H](c2cncc(F)c2)C1. The Bertz CT molecular complexity index is 778. The second-order valence-electron chi connectivity index (χ2n) is 6.36. The van der Waals surface area contributed by atoms with Gasteiger partial charge in [-0.15, -0.1) is 0 Å². The van der Waals surface area contributed by atoms with Crippen LogP contribution in [0.2, 0.25) is 0 Å². The molecule has 1 aliphatic carbocycles. The second kappa shape index (κ2) is 6.30. The van der Waals surface area contributed by atoms with Crippen molar-refractivity contribution >= 4 is 5.97 Å². The zero-order chi connectivity index (χ0) is 17.3. The van der Waals surface area contributed by atoms with Crippen LogP contribution in [-0.4, -0.2) is 18.1 Å². The van der Waals surface area contributed by atoms with E-state index in [-0.39, 0.29) is 17.7 Å². The number of methoxy groups -OCH3 is 1. The summed E-state index contributed by atoms with van der Waals surface area (Å²) in [7, 11) is 1.34. The van der Waals surface area contributed by atoms with E-state index in [4.69, 9.17) is 4.74 Å². The van der Waals surface area contributed by atoms with Crippen LogP contribution in [0, 0.1) is 18.6 Å². The van der Waals surface area contributed by atoms with E-state index in [1.54, 1.807) is 25.3 Å². The van der Waals surface area contributed by atoms with Crippen LogP contribution in [0.3, 0.4) is 0 Å². The molecule has 0 unspecified atom stereocenters. The molecule has 1 aromatic carbocycles. The number of esters is 1. The van der Waals surface area contributed by atoms with Crippen molar-refractivity contribution in [1.29, 1.82) is 0 Å². The van der Waals surface area contributed by atoms with Gasteiger partial charge >= 0.3 is 5.97 Å². The number of pyridine rings is 1. The van der Waals surface area contributed by atoms with Crippen molar-refractivity contribution in [3.05, 3.63) is 65.0 Å². The van der Waals surface area contributed by atoms with Gasteiger partial charge in [-0.05, 0) is 60.9 Å². The Labute approximate surface area is 139 Å². The highest BCUT2D eigenvalue weighted by Crippen LogP contribution is 2.50. The lowest BCUT2D eigenvalue weighted by molar-refractivity contribution is -0.147. The molecule has 3 nitrogen and oxygen atoms in total. The Hall–Kier alpha value is -2.30. The number of aromatic nitrogens is 1. The maximum atomic E-state index is 14.0. The lowest BCUT2D eigenvalue weighted by Crippen LogP contribution is -2.35. The topological polar surface area (TPSA) is 39.2 Å². The Morgan fingerprint density at radius 2 is 2.12 bits per heavy atom. The zero-order valence-corrected chi connectivity index (χ0v) is 13.7. The average Bonchev–Trinajstić information content (AvgIpc) is 3.03. The van der Waals surface area contributed by atoms with Gasteiger partial charge in [-0.2, -0.15) is 0 Å². The molecule has 24 heavy (non-hydrogen) atoms. The van der Waals surface area contributed by atoms with Crippen LogP contribution in [0.5, 0.6) is 0 Å². The fourth-order valence-electron chi connectivity index (χ4n) is 3.84. The Kier molecular flexibility index (Phi) is 4.35. The standard InChI is InChI=1S/C19H19F2NO2/c1-12-16(4-3-5-17(12)21)19(18(23)24-2)7-6-13(9-19)14-8-15(20)11-22-10-14/h3-5,8,10-11,13H,6-7,9H2,1-2H3/t13-,19+/m1/s1. The van der Waals surface area contributed by atoms with Gasteiger partial charge in [0, 0.05) is 6.20 Å². The number of halogens is 2. The van der Waals surface area contributed by atoms with Gasteiger partial charge in [-0.1, -0.05) is 12.1 Å². The van der Waals surface area contributed by atoms with Gasteiger partial charge in [-0.3, -0.25) is 9.78 Å². The van der Waals surface area contributed by atoms with Crippen molar-refractivity contribution < 1.29 is 18.3 Å². The Morgan fingerprint density at radius 1 is 1.33 bits per heavy atom. The van der Waals surface area contributed by atoms with Crippen LogP contribution in [0.25, 0.3) is 0 Å². The predicted molar refractivity (Wildman–Crippen MR) is 85.6 cm³/mol. The molecule has 2 atom stereocenters. The summed E-state index contributed by atoms with van der Waals surface area (Å²) in [6, 6.07) is 6.22. The van der Waals surface area contributed by atoms with Crippen molar-refractivity contribution in [1.82, 2.24) is 4.98 Å². The third-order valence-electron chi connectivity index (χ3n) is 5.07. The van der Waals surface area contributed by atoms with E-state index >= 15 is 0 Å². The molecule has 0 aliphatic heterocycles. The number of nitrogens with zero attached hydrogens (tertiary/aromatic N) is 1. The Morgan fingerprint density at radius 3 is 2.83 bits per heavy atom. The molecule has 0 bridgehead atoms. The molecule has 126 valence electrons. The van der Waals surface area contributed by atoms with E-state index in [2.05, 4.69) is 4.98 Å². The van der Waals surface area contributed by atoms with E-state index in [1.807, 2.05) is 0 Å². The number of benzene rings is 1. The van der Waals surface area contributed by atoms with Crippen molar-refractivity contribution in [3.8, 4) is 0 Å². The van der Waals surface area contributed by atoms with Gasteiger partial charge in [0.1, 0.15) is 11.6 Å². The first-order valence-corrected chi connectivity index (χ1v) is 7.92. The summed E-state index contributed by atoms with van der Waals surface area (Å²) in [5.74, 6) is -1.13. The number of carbonyl (C=O) groups excluding carboxylic acids is 1. The van der Waals surface area contributed by atoms with Crippen LogP contribution >= 0.6 is 0 Å². The molecule has 5 heteroatoms. The summed E-state index contributed by atoms with van der Waals surface area (Å²) in [6.45, 7) is 1.67. The molecule has 1 aromatic heterocycles. The number of rotatable bonds is 3. The van der Waals surface area contributed by atoms with Crippen molar-refractivity contribution in [2.45, 2.75) is 37.5 Å². The first kappa shape index (κ1) is 16.6. The molecule has 1 heterocycles. The zero-order valence-electron chi connectivity index (χ0n) is 13.7. The van der Waals surface area contributed by atoms with E-state index in [1.165, 1.54) is 19.2 Å². The molecular formula is C19H19F2NO2. The molecular weight excluding hydrogens is 312 g/mol. The molecule has 1 aliphatic rings. The maximum absolute atomic E-state index is 14.0. The van der Waals surface area contributed by atoms with Gasteiger partial charge in [0.15, 0.2) is 0 Å². The second-order valence-corrected chi connectivity index (χ2v) is 6.36. The predicted octanol–water partition coefficient (Wildman–Crippen LogP) is 4.05. The van der Waals surface area contributed by atoms with Crippen LogP contribution in [0.1, 0.15) is 41.9 Å². The summed E-state index contributed by atoms with van der Waals surface area (Å²) in [6.07, 6.45) is 4.46. The molecule has 3 rings (SSSR count). The lowest BCUT2D eigenvalue weighted by Gasteiger charge is -2.29. The number of ether oxygens (including phenoxy) is 1. The van der Waals surface area contributed by atoms with E-state index in [9.17, 15) is 13.6 Å². The largest absolute Gasteiger partial charge is 0.468 e. The van der Waals surface area contributed by atoms with Gasteiger partial charge in [0.25, 0.3) is 0 Å². The molecule has 0 spiro atoms. The highest BCUT2D eigenvalue weighted by atomic mass is 19.1. The summed E-state index contributed by atoms with van der Waals surface area (Å²) >= 11 is 0. The fourth-order valence-corrected chi connectivity index (χ4v) is 3.84. The molecule has 1 saturated carbocycles. The summed E-state index contributed by atoms with van der Waals surface area (Å²) in [4.78, 5) is 16.5. The first-order chi connectivity index (χ1) is 11.5. The minimum Gasteiger partial charge on any atom is -0.468 e. The van der Waals surface area contributed by atoms with Crippen LogP contribution < -0.4 is 0 Å². The van der Waals surface area contributed by atoms with Gasteiger partial charge < -0.3 is 4.74 Å². The van der Waals surface area contributed by atoms with Crippen molar-refractivity contribution in [2.75, 3.05) is 7.11 Å². The summed E-state index contributed by atoms with van der Waals surface area (Å²) < 4.78 is 32.5. The lowest BCUT2D eigenvalue weighted by atomic mass is 9.75. The third-order valence-corrected chi connectivity index (χ3v) is 5.07. The number of carbonyl (C=O) groups is 1. The minimum absolute atomic E-state index is 0.0185. The van der Waals surface area contributed by atoms with Crippen LogP contribution in [-0.2, 0) is 14.9 Å². The van der Waals surface area contributed by atoms with Gasteiger partial charge in [0.05, 0.1) is 18.7 Å². The summed E-state index contributed by atoms with van der Waals surface area (Å²) in [5, 5.41) is 0. The van der Waals surface area contributed by atoms with Gasteiger partial charge in [-0.25, -0.2) is 8.78 Å². The molecule has 0 saturated heterocycles.